The molecular weight excluding hydrogens is 424 g/mol. The fourth-order valence-electron chi connectivity index (χ4n) is 5.54. The molecule has 3 N–H and O–H groups in total. The molecule has 3 amide bonds. The number of carbonyl (C=O) groups is 3. The van der Waals surface area contributed by atoms with Crippen molar-refractivity contribution in [3.8, 4) is 0 Å². The number of hydrogen-bond donors (Lipinski definition) is 3. The molecule has 2 fully saturated rings. The van der Waals surface area contributed by atoms with Gasteiger partial charge >= 0.3 is 0 Å². The van der Waals surface area contributed by atoms with Gasteiger partial charge in [0.2, 0.25) is 17.7 Å². The van der Waals surface area contributed by atoms with Crippen molar-refractivity contribution in [3.63, 3.8) is 0 Å². The Morgan fingerprint density at radius 2 is 1.94 bits per heavy atom. The molecule has 0 saturated carbocycles. The van der Waals surface area contributed by atoms with Gasteiger partial charge in [-0.3, -0.25) is 19.3 Å². The Balaban J connectivity index is 1.86. The number of nitrogens with one attached hydrogen (secondary N) is 2. The summed E-state index contributed by atoms with van der Waals surface area (Å²) in [6.45, 7) is 9.95. The molecule has 0 unspecified atom stereocenters. The average molecular weight is 465 g/mol. The minimum Gasteiger partial charge on any atom is -0.394 e. The fourth-order valence-corrected chi connectivity index (χ4v) is 5.54. The second kappa shape index (κ2) is 11.4. The third-order valence-corrected chi connectivity index (χ3v) is 7.70. The van der Waals surface area contributed by atoms with Crippen molar-refractivity contribution < 1.29 is 24.2 Å². The lowest BCUT2D eigenvalue weighted by Crippen LogP contribution is -2.55. The van der Waals surface area contributed by atoms with E-state index in [0.29, 0.717) is 26.3 Å². The van der Waals surface area contributed by atoms with Crippen LogP contribution in [0.1, 0.15) is 27.2 Å². The second-order valence-electron chi connectivity index (χ2n) is 9.56. The minimum atomic E-state index is -0.741. The summed E-state index contributed by atoms with van der Waals surface area (Å²) < 4.78 is 5.38. The first-order chi connectivity index (χ1) is 15.8. The lowest BCUT2D eigenvalue weighted by atomic mass is 9.70. The van der Waals surface area contributed by atoms with E-state index in [1.165, 1.54) is 0 Å². The molecule has 9 nitrogen and oxygen atoms in total. The van der Waals surface area contributed by atoms with Crippen LogP contribution in [0.3, 0.4) is 0 Å². The van der Waals surface area contributed by atoms with E-state index in [-0.39, 0.29) is 36.2 Å². The van der Waals surface area contributed by atoms with E-state index in [1.807, 2.05) is 32.9 Å². The lowest BCUT2D eigenvalue weighted by molar-refractivity contribution is -0.144. The van der Waals surface area contributed by atoms with E-state index in [9.17, 15) is 19.5 Å². The van der Waals surface area contributed by atoms with Crippen molar-refractivity contribution >= 4 is 17.7 Å². The number of fused-ring (bicyclic) bond motifs is 1. The molecular formula is C24H40N4O5. The lowest BCUT2D eigenvalue weighted by Gasteiger charge is -2.36. The maximum absolute atomic E-state index is 13.8. The third-order valence-electron chi connectivity index (χ3n) is 7.70. The smallest absolute Gasteiger partial charge is 0.243 e. The van der Waals surface area contributed by atoms with Gasteiger partial charge in [-0.25, -0.2) is 0 Å². The number of hydrogen-bond acceptors (Lipinski definition) is 6. The zero-order valence-corrected chi connectivity index (χ0v) is 20.3. The molecule has 2 aliphatic heterocycles. The Morgan fingerprint density at radius 3 is 2.55 bits per heavy atom. The quantitative estimate of drug-likeness (QED) is 0.410. The van der Waals surface area contributed by atoms with E-state index in [1.54, 1.807) is 11.9 Å². The number of aliphatic hydroxyl groups excluding tert-OH is 1. The monoisotopic (exact) mass is 464 g/mol. The van der Waals surface area contributed by atoms with Gasteiger partial charge in [0.25, 0.3) is 0 Å². The molecule has 2 saturated heterocycles. The van der Waals surface area contributed by atoms with Crippen molar-refractivity contribution in [1.82, 2.24) is 20.4 Å². The highest BCUT2D eigenvalue weighted by Crippen LogP contribution is 2.45. The highest BCUT2D eigenvalue weighted by molar-refractivity contribution is 5.97. The van der Waals surface area contributed by atoms with Crippen molar-refractivity contribution in [2.45, 2.75) is 39.3 Å². The summed E-state index contributed by atoms with van der Waals surface area (Å²) in [5.74, 6) is -2.28. The molecule has 0 aromatic carbocycles. The van der Waals surface area contributed by atoms with Crippen molar-refractivity contribution in [2.75, 3.05) is 53.0 Å². The van der Waals surface area contributed by atoms with Crippen LogP contribution in [0.4, 0.5) is 0 Å². The summed E-state index contributed by atoms with van der Waals surface area (Å²) in [4.78, 5) is 43.8. The fraction of sp³-hybridized carbons (Fsp3) is 0.792. The molecule has 33 heavy (non-hydrogen) atoms. The number of ether oxygens (including phenoxy) is 1. The van der Waals surface area contributed by atoms with Gasteiger partial charge in [-0.05, 0) is 11.8 Å². The molecule has 3 aliphatic rings. The van der Waals surface area contributed by atoms with Crippen LogP contribution >= 0.6 is 0 Å². The van der Waals surface area contributed by atoms with E-state index >= 15 is 0 Å². The van der Waals surface area contributed by atoms with Gasteiger partial charge in [-0.15, -0.1) is 0 Å². The van der Waals surface area contributed by atoms with Crippen LogP contribution in [0.15, 0.2) is 12.2 Å². The second-order valence-corrected chi connectivity index (χ2v) is 9.56. The van der Waals surface area contributed by atoms with Gasteiger partial charge in [0, 0.05) is 39.1 Å². The first-order valence-corrected chi connectivity index (χ1v) is 12.3. The predicted molar refractivity (Wildman–Crippen MR) is 124 cm³/mol. The third kappa shape index (κ3) is 5.25. The molecule has 0 aromatic heterocycles. The Bertz CT molecular complexity index is 738. The Labute approximate surface area is 196 Å². The number of morpholine rings is 1. The van der Waals surface area contributed by atoms with Crippen LogP contribution < -0.4 is 10.6 Å². The number of carbonyl (C=O) groups excluding carboxylic acids is 3. The van der Waals surface area contributed by atoms with Crippen LogP contribution in [-0.2, 0) is 19.1 Å². The maximum atomic E-state index is 13.8. The van der Waals surface area contributed by atoms with Gasteiger partial charge in [0.15, 0.2) is 0 Å². The van der Waals surface area contributed by atoms with Crippen molar-refractivity contribution in [2.24, 2.45) is 29.6 Å². The largest absolute Gasteiger partial charge is 0.394 e. The zero-order chi connectivity index (χ0) is 24.1. The minimum absolute atomic E-state index is 0.0163. The average Bonchev–Trinajstić information content (AvgIpc) is 3.11. The molecule has 1 aliphatic carbocycles. The Hall–Kier alpha value is -1.97. The highest BCUT2D eigenvalue weighted by atomic mass is 16.5. The number of amides is 3. The van der Waals surface area contributed by atoms with Crippen LogP contribution in [0.5, 0.6) is 0 Å². The van der Waals surface area contributed by atoms with Crippen LogP contribution in [-0.4, -0.2) is 97.8 Å². The molecule has 7 atom stereocenters. The topological polar surface area (TPSA) is 111 Å². The summed E-state index contributed by atoms with van der Waals surface area (Å²) >= 11 is 0. The normalized spacial score (nSPS) is 31.7. The predicted octanol–water partition coefficient (Wildman–Crippen LogP) is -0.147. The number of allylic oxidation sites excluding steroid dienone is 1. The SMILES string of the molecule is CC[C@H](C)[C@H](CO)N1C(=O)[C@@H]2[C@H](C=C[C@@H](C)[C@H]2C(=O)NC)[C@H]1C(=O)NCCN1CCOCC1. The summed E-state index contributed by atoms with van der Waals surface area (Å²) in [6.07, 6.45) is 4.65. The van der Waals surface area contributed by atoms with Gasteiger partial charge in [0.1, 0.15) is 6.04 Å². The maximum Gasteiger partial charge on any atom is 0.243 e. The molecule has 186 valence electrons. The van der Waals surface area contributed by atoms with Gasteiger partial charge in [-0.2, -0.15) is 0 Å². The van der Waals surface area contributed by atoms with E-state index < -0.39 is 29.8 Å². The van der Waals surface area contributed by atoms with Crippen LogP contribution in [0.25, 0.3) is 0 Å². The van der Waals surface area contributed by atoms with Gasteiger partial charge in [0.05, 0.1) is 37.7 Å². The summed E-state index contributed by atoms with van der Waals surface area (Å²) in [6, 6.07) is -1.22. The Kier molecular flexibility index (Phi) is 8.89. The number of nitrogens with zero attached hydrogens (tertiary/aromatic N) is 2. The summed E-state index contributed by atoms with van der Waals surface area (Å²) in [5.41, 5.74) is 0. The van der Waals surface area contributed by atoms with E-state index in [0.717, 1.165) is 19.5 Å². The molecule has 3 rings (SSSR count). The summed E-state index contributed by atoms with van der Waals surface area (Å²) in [5, 5.41) is 15.9. The molecule has 0 spiro atoms. The molecule has 0 bridgehead atoms. The first kappa shape index (κ1) is 25.6. The van der Waals surface area contributed by atoms with Gasteiger partial charge < -0.3 is 25.4 Å². The van der Waals surface area contributed by atoms with E-state index in [2.05, 4.69) is 15.5 Å². The molecule has 0 aromatic rings. The number of aliphatic hydroxyl groups is 1. The van der Waals surface area contributed by atoms with Gasteiger partial charge in [-0.1, -0.05) is 39.3 Å². The van der Waals surface area contributed by atoms with Crippen LogP contribution in [0.2, 0.25) is 0 Å². The van der Waals surface area contributed by atoms with Crippen LogP contribution in [0, 0.1) is 29.6 Å². The zero-order valence-electron chi connectivity index (χ0n) is 20.3. The first-order valence-electron chi connectivity index (χ1n) is 12.3. The number of likely N-dealkylation sites (tertiary alicyclic amines) is 1. The molecule has 2 heterocycles. The Morgan fingerprint density at radius 1 is 1.24 bits per heavy atom. The van der Waals surface area contributed by atoms with Crippen molar-refractivity contribution in [1.29, 1.82) is 0 Å². The van der Waals surface area contributed by atoms with E-state index in [4.69, 9.17) is 4.74 Å². The molecule has 9 heteroatoms. The summed E-state index contributed by atoms with van der Waals surface area (Å²) in [7, 11) is 1.57. The molecule has 0 radical (unpaired) electrons. The standard InChI is InChI=1S/C24H40N4O5/c1-5-15(2)18(14-29)28-21(23(31)26-8-9-27-10-12-33-13-11-27)17-7-6-16(3)19(22(30)25-4)20(17)24(28)32/h6-7,15-21,29H,5,8-14H2,1-4H3,(H,25,30)(H,26,31)/t15-,16+,17-,18-,19+,20+,21-/m0/s1. The highest BCUT2D eigenvalue weighted by Gasteiger charge is 2.58. The number of rotatable bonds is 9. The van der Waals surface area contributed by atoms with Crippen molar-refractivity contribution in [3.05, 3.63) is 12.2 Å².